The summed E-state index contributed by atoms with van der Waals surface area (Å²) in [6.07, 6.45) is 4.95. The molecule has 0 bridgehead atoms. The van der Waals surface area contributed by atoms with Crippen molar-refractivity contribution >= 4 is 43.6 Å². The van der Waals surface area contributed by atoms with Crippen molar-refractivity contribution in [1.82, 2.24) is 19.9 Å². The van der Waals surface area contributed by atoms with E-state index in [1.165, 1.54) is 17.5 Å². The summed E-state index contributed by atoms with van der Waals surface area (Å²) in [4.78, 5) is 32.9. The molecule has 152 valence electrons. The number of benzene rings is 2. The summed E-state index contributed by atoms with van der Waals surface area (Å²) in [6, 6.07) is 16.9. The topological polar surface area (TPSA) is 81.1 Å². The number of methoxy groups -OCH3 is 1. The zero-order chi connectivity index (χ0) is 21.2. The highest BCUT2D eigenvalue weighted by molar-refractivity contribution is 7.22. The number of carbonyl (C=O) groups is 1. The zero-order valence-corrected chi connectivity index (χ0v) is 17.4. The van der Waals surface area contributed by atoms with E-state index in [1.54, 1.807) is 24.4 Å². The predicted octanol–water partition coefficient (Wildman–Crippen LogP) is 4.49. The lowest BCUT2D eigenvalue weighted by atomic mass is 10.2. The molecule has 2 aromatic carbocycles. The van der Waals surface area contributed by atoms with Gasteiger partial charge in [-0.2, -0.15) is 0 Å². The minimum atomic E-state index is -0.270. The molecule has 0 N–H and O–H groups in total. The van der Waals surface area contributed by atoms with Crippen molar-refractivity contribution in [1.29, 1.82) is 0 Å². The second kappa shape index (κ2) is 8.08. The van der Waals surface area contributed by atoms with Gasteiger partial charge in [0.15, 0.2) is 5.13 Å². The number of carbonyl (C=O) groups excluding carboxylic acids is 1. The van der Waals surface area contributed by atoms with E-state index in [2.05, 4.69) is 15.0 Å². The van der Waals surface area contributed by atoms with Crippen LogP contribution in [0.1, 0.15) is 16.1 Å². The minimum Gasteiger partial charge on any atom is -0.497 e. The minimum absolute atomic E-state index is 0.263. The van der Waals surface area contributed by atoms with Gasteiger partial charge in [0.25, 0.3) is 5.91 Å². The number of hydrogen-bond acceptors (Lipinski definition) is 7. The summed E-state index contributed by atoms with van der Waals surface area (Å²) in [6.45, 7) is 0.318. The Balaban J connectivity index is 1.58. The first-order chi connectivity index (χ1) is 15.2. The Morgan fingerprint density at radius 2 is 1.87 bits per heavy atom. The Morgan fingerprint density at radius 1 is 1.00 bits per heavy atom. The van der Waals surface area contributed by atoms with E-state index in [9.17, 15) is 4.79 Å². The van der Waals surface area contributed by atoms with Gasteiger partial charge in [0.1, 0.15) is 11.4 Å². The number of rotatable bonds is 5. The number of nitrogens with zero attached hydrogens (tertiary/aromatic N) is 5. The van der Waals surface area contributed by atoms with Gasteiger partial charge in [0.2, 0.25) is 0 Å². The van der Waals surface area contributed by atoms with Gasteiger partial charge in [-0.05, 0) is 42.0 Å². The fourth-order valence-electron chi connectivity index (χ4n) is 3.23. The van der Waals surface area contributed by atoms with Crippen LogP contribution >= 0.6 is 11.3 Å². The van der Waals surface area contributed by atoms with Crippen LogP contribution in [0.4, 0.5) is 5.13 Å². The molecule has 8 heteroatoms. The van der Waals surface area contributed by atoms with Crippen molar-refractivity contribution in [2.24, 2.45) is 0 Å². The van der Waals surface area contributed by atoms with Gasteiger partial charge in [-0.15, -0.1) is 0 Å². The highest BCUT2D eigenvalue weighted by Gasteiger charge is 2.23. The van der Waals surface area contributed by atoms with Crippen molar-refractivity contribution in [2.45, 2.75) is 6.54 Å². The van der Waals surface area contributed by atoms with Crippen molar-refractivity contribution < 1.29 is 9.53 Å². The summed E-state index contributed by atoms with van der Waals surface area (Å²) in [5.74, 6) is 0.473. The molecule has 0 aliphatic carbocycles. The third-order valence-electron chi connectivity index (χ3n) is 4.79. The lowest BCUT2D eigenvalue weighted by molar-refractivity contribution is 0.0980. The van der Waals surface area contributed by atoms with Crippen LogP contribution in [0.2, 0.25) is 0 Å². The van der Waals surface area contributed by atoms with Gasteiger partial charge in [-0.1, -0.05) is 29.5 Å². The molecule has 0 saturated carbocycles. The van der Waals surface area contributed by atoms with Gasteiger partial charge in [0, 0.05) is 12.4 Å². The van der Waals surface area contributed by atoms with E-state index in [1.807, 2.05) is 54.6 Å². The number of aromatic nitrogens is 4. The van der Waals surface area contributed by atoms with Crippen LogP contribution in [0.15, 0.2) is 73.2 Å². The number of pyridine rings is 1. The van der Waals surface area contributed by atoms with Gasteiger partial charge in [-0.3, -0.25) is 19.7 Å². The van der Waals surface area contributed by atoms with E-state index in [4.69, 9.17) is 9.72 Å². The summed E-state index contributed by atoms with van der Waals surface area (Å²) >= 11 is 1.43. The van der Waals surface area contributed by atoms with E-state index in [-0.39, 0.29) is 11.6 Å². The second-order valence-electron chi connectivity index (χ2n) is 6.83. The molecule has 5 aromatic rings. The first-order valence-electron chi connectivity index (χ1n) is 9.58. The maximum absolute atomic E-state index is 13.5. The molecule has 0 aliphatic heterocycles. The molecule has 3 heterocycles. The number of amides is 1. The number of para-hydroxylation sites is 2. The van der Waals surface area contributed by atoms with E-state index in [0.29, 0.717) is 17.2 Å². The van der Waals surface area contributed by atoms with Crippen LogP contribution in [0.3, 0.4) is 0 Å². The average Bonchev–Trinajstić information content (AvgIpc) is 3.25. The lowest BCUT2D eigenvalue weighted by Gasteiger charge is -2.19. The number of ether oxygens (including phenoxy) is 1. The molecule has 31 heavy (non-hydrogen) atoms. The van der Waals surface area contributed by atoms with E-state index >= 15 is 0 Å². The van der Waals surface area contributed by atoms with Crippen molar-refractivity contribution in [3.8, 4) is 5.75 Å². The Hall–Kier alpha value is -3.91. The van der Waals surface area contributed by atoms with Gasteiger partial charge in [-0.25, -0.2) is 9.97 Å². The highest BCUT2D eigenvalue weighted by atomic mass is 32.1. The van der Waals surface area contributed by atoms with Crippen LogP contribution in [0.5, 0.6) is 5.75 Å². The largest absolute Gasteiger partial charge is 0.497 e. The Morgan fingerprint density at radius 3 is 2.68 bits per heavy atom. The maximum Gasteiger partial charge on any atom is 0.280 e. The Labute approximate surface area is 182 Å². The summed E-state index contributed by atoms with van der Waals surface area (Å²) in [7, 11) is 1.62. The molecule has 3 aromatic heterocycles. The maximum atomic E-state index is 13.5. The van der Waals surface area contributed by atoms with Crippen LogP contribution in [-0.4, -0.2) is 33.0 Å². The molecular formula is C23H17N5O2S. The van der Waals surface area contributed by atoms with Crippen LogP contribution < -0.4 is 9.64 Å². The standard InChI is InChI=1S/C23H17N5O2S/c1-30-16-8-9-19-21(11-16)31-23(27-19)28(14-15-5-4-10-24-12-15)22(29)20-13-25-17-6-2-3-7-18(17)26-20/h2-13H,14H2,1H3. The first kappa shape index (κ1) is 19.1. The lowest BCUT2D eigenvalue weighted by Crippen LogP contribution is -2.31. The van der Waals surface area contributed by atoms with Crippen LogP contribution in [0.25, 0.3) is 21.3 Å². The number of hydrogen-bond donors (Lipinski definition) is 0. The molecule has 5 rings (SSSR count). The fraction of sp³-hybridized carbons (Fsp3) is 0.0870. The first-order valence-corrected chi connectivity index (χ1v) is 10.4. The van der Waals surface area contributed by atoms with Gasteiger partial charge in [0.05, 0.1) is 41.1 Å². The quantitative estimate of drug-likeness (QED) is 0.411. The SMILES string of the molecule is COc1ccc2nc(N(Cc3cccnc3)C(=O)c3cnc4ccccc4n3)sc2c1. The van der Waals surface area contributed by atoms with Crippen molar-refractivity contribution in [3.63, 3.8) is 0 Å². The van der Waals surface area contributed by atoms with E-state index < -0.39 is 0 Å². The molecule has 1 amide bonds. The van der Waals surface area contributed by atoms with Gasteiger partial charge < -0.3 is 4.74 Å². The van der Waals surface area contributed by atoms with Crippen LogP contribution in [0, 0.1) is 0 Å². The molecule has 0 atom stereocenters. The highest BCUT2D eigenvalue weighted by Crippen LogP contribution is 2.33. The van der Waals surface area contributed by atoms with Crippen LogP contribution in [-0.2, 0) is 6.54 Å². The molecule has 7 nitrogen and oxygen atoms in total. The van der Waals surface area contributed by atoms with Crippen molar-refractivity contribution in [3.05, 3.63) is 84.4 Å². The third-order valence-corrected chi connectivity index (χ3v) is 5.83. The van der Waals surface area contributed by atoms with Gasteiger partial charge >= 0.3 is 0 Å². The molecule has 0 unspecified atom stereocenters. The fourth-order valence-corrected chi connectivity index (χ4v) is 4.23. The molecule has 0 radical (unpaired) electrons. The number of thiazole rings is 1. The molecule has 0 saturated heterocycles. The monoisotopic (exact) mass is 427 g/mol. The Bertz CT molecular complexity index is 1390. The predicted molar refractivity (Wildman–Crippen MR) is 120 cm³/mol. The number of fused-ring (bicyclic) bond motifs is 2. The summed E-state index contributed by atoms with van der Waals surface area (Å²) in [5.41, 5.74) is 3.36. The molecule has 0 aliphatic rings. The molecular weight excluding hydrogens is 410 g/mol. The average molecular weight is 427 g/mol. The number of anilines is 1. The Kier molecular flexibility index (Phi) is 4.97. The van der Waals surface area contributed by atoms with E-state index in [0.717, 1.165) is 27.0 Å². The second-order valence-corrected chi connectivity index (χ2v) is 7.84. The zero-order valence-electron chi connectivity index (χ0n) is 16.6. The van der Waals surface area contributed by atoms with Crippen molar-refractivity contribution in [2.75, 3.05) is 12.0 Å². The third kappa shape index (κ3) is 3.80. The normalized spacial score (nSPS) is 11.0. The summed E-state index contributed by atoms with van der Waals surface area (Å²) < 4.78 is 6.25. The molecule has 0 fully saturated rings. The molecule has 0 spiro atoms. The smallest absolute Gasteiger partial charge is 0.280 e. The summed E-state index contributed by atoms with van der Waals surface area (Å²) in [5, 5.41) is 0.576.